The summed E-state index contributed by atoms with van der Waals surface area (Å²) < 4.78 is 6.05. The molecular weight excluding hydrogens is 610 g/mol. The molecule has 13 nitrogen and oxygen atoms in total. The molecule has 2 unspecified atom stereocenters. The Kier molecular flexibility index (Phi) is 8.76. The molecule has 5 heterocycles. The van der Waals surface area contributed by atoms with E-state index in [1.165, 1.54) is 18.5 Å². The molecule has 5 aliphatic rings. The minimum Gasteiger partial charge on any atom is -0.394 e. The van der Waals surface area contributed by atoms with Crippen molar-refractivity contribution in [3.8, 4) is 11.4 Å². The van der Waals surface area contributed by atoms with E-state index in [1.54, 1.807) is 0 Å². The van der Waals surface area contributed by atoms with E-state index in [-0.39, 0.29) is 43.5 Å². The minimum absolute atomic E-state index is 0.0429. The average Bonchev–Trinajstić information content (AvgIpc) is 3.80. The predicted octanol–water partition coefficient (Wildman–Crippen LogP) is 3.16. The molecule has 0 radical (unpaired) electrons. The highest BCUT2D eigenvalue weighted by Crippen LogP contribution is 2.34. The van der Waals surface area contributed by atoms with Crippen molar-refractivity contribution in [2.75, 3.05) is 77.8 Å². The summed E-state index contributed by atoms with van der Waals surface area (Å²) >= 11 is 0. The van der Waals surface area contributed by atoms with Crippen molar-refractivity contribution in [2.24, 2.45) is 0 Å². The minimum atomic E-state index is -0.320. The van der Waals surface area contributed by atoms with E-state index < -0.39 is 0 Å². The number of nitrogens with one attached hydrogen (secondary N) is 2. The molecule has 13 heteroatoms. The second-order valence-corrected chi connectivity index (χ2v) is 13.7. The fraction of sp³-hybridized carbons (Fsp3) is 0.543. The number of fused-ring (bicyclic) bond motifs is 2. The van der Waals surface area contributed by atoms with Crippen molar-refractivity contribution in [3.05, 3.63) is 48.5 Å². The Labute approximate surface area is 280 Å². The van der Waals surface area contributed by atoms with Crippen LogP contribution in [0.25, 0.3) is 11.4 Å². The molecule has 4 N–H and O–H groups in total. The molecule has 4 aliphatic heterocycles. The van der Waals surface area contributed by atoms with Crippen molar-refractivity contribution >= 4 is 35.0 Å². The maximum atomic E-state index is 12.9. The van der Waals surface area contributed by atoms with Gasteiger partial charge in [0.05, 0.1) is 37.5 Å². The molecule has 0 spiro atoms. The van der Waals surface area contributed by atoms with Crippen LogP contribution in [0.3, 0.4) is 0 Å². The van der Waals surface area contributed by atoms with Crippen LogP contribution in [0.4, 0.5) is 33.8 Å². The second kappa shape index (κ2) is 13.5. The van der Waals surface area contributed by atoms with E-state index >= 15 is 0 Å². The Morgan fingerprint density at radius 3 is 1.88 bits per heavy atom. The lowest BCUT2D eigenvalue weighted by atomic mass is 10.2. The molecule has 1 aliphatic carbocycles. The number of aromatic nitrogens is 3. The van der Waals surface area contributed by atoms with E-state index in [4.69, 9.17) is 19.7 Å². The van der Waals surface area contributed by atoms with E-state index in [1.807, 2.05) is 41.3 Å². The van der Waals surface area contributed by atoms with E-state index in [2.05, 4.69) is 37.5 Å². The Morgan fingerprint density at radius 1 is 0.708 bits per heavy atom. The maximum absolute atomic E-state index is 12.9. The lowest BCUT2D eigenvalue weighted by molar-refractivity contribution is 0.0299. The van der Waals surface area contributed by atoms with Gasteiger partial charge in [-0.15, -0.1) is 0 Å². The summed E-state index contributed by atoms with van der Waals surface area (Å²) in [7, 11) is 0. The van der Waals surface area contributed by atoms with Crippen LogP contribution in [0.15, 0.2) is 48.5 Å². The summed E-state index contributed by atoms with van der Waals surface area (Å²) in [5.74, 6) is 1.53. The van der Waals surface area contributed by atoms with Crippen molar-refractivity contribution in [1.82, 2.24) is 19.9 Å². The molecule has 8 rings (SSSR count). The molecule has 5 fully saturated rings. The maximum Gasteiger partial charge on any atom is 0.323 e. The lowest BCUT2D eigenvalue weighted by Gasteiger charge is -2.36. The third kappa shape index (κ3) is 6.64. The molecule has 2 bridgehead atoms. The standard InChI is InChI=1S/C35H45N9O4/c45-21-28-11-12-29(22-46)44(28)34-39-32(38-33(40-34)43-19-30-13-14-31(20-43)48-30)23-1-3-24(4-2-23)36-35(47)37-25-5-7-26(8-6-25)41-15-17-42(18-16-41)27-9-10-27/h1-8,27-31,45-46H,9-22H2,(H2,36,37,47)/t28-,29+,30?,31?. The third-order valence-electron chi connectivity index (χ3n) is 10.5. The van der Waals surface area contributed by atoms with Crippen LogP contribution in [0.5, 0.6) is 0 Å². The number of morpholine rings is 1. The first-order chi connectivity index (χ1) is 23.5. The largest absolute Gasteiger partial charge is 0.394 e. The van der Waals surface area contributed by atoms with Gasteiger partial charge in [0.2, 0.25) is 11.9 Å². The van der Waals surface area contributed by atoms with Crippen LogP contribution in [-0.4, -0.2) is 119 Å². The molecule has 2 amide bonds. The molecule has 48 heavy (non-hydrogen) atoms. The normalized spacial score (nSPS) is 25.8. The van der Waals surface area contributed by atoms with Gasteiger partial charge >= 0.3 is 6.03 Å². The number of piperazine rings is 1. The van der Waals surface area contributed by atoms with Gasteiger partial charge in [0.1, 0.15) is 0 Å². The van der Waals surface area contributed by atoms with Crippen molar-refractivity contribution in [3.63, 3.8) is 0 Å². The highest BCUT2D eigenvalue weighted by molar-refractivity contribution is 6.00. The summed E-state index contributed by atoms with van der Waals surface area (Å²) in [6.07, 6.45) is 6.59. The Balaban J connectivity index is 0.949. The van der Waals surface area contributed by atoms with Crippen LogP contribution >= 0.6 is 0 Å². The van der Waals surface area contributed by atoms with Gasteiger partial charge in [0.15, 0.2) is 5.82 Å². The van der Waals surface area contributed by atoms with Gasteiger partial charge in [0.25, 0.3) is 0 Å². The van der Waals surface area contributed by atoms with Crippen LogP contribution in [0.2, 0.25) is 0 Å². The smallest absolute Gasteiger partial charge is 0.323 e. The quantitative estimate of drug-likeness (QED) is 0.270. The Bertz CT molecular complexity index is 1560. The van der Waals surface area contributed by atoms with Crippen LogP contribution < -0.4 is 25.3 Å². The predicted molar refractivity (Wildman–Crippen MR) is 185 cm³/mol. The number of aliphatic hydroxyl groups excluding tert-OH is 2. The van der Waals surface area contributed by atoms with Gasteiger partial charge < -0.3 is 40.3 Å². The first kappa shape index (κ1) is 31.2. The molecule has 4 saturated heterocycles. The monoisotopic (exact) mass is 655 g/mol. The van der Waals surface area contributed by atoms with E-state index in [9.17, 15) is 15.0 Å². The zero-order chi connectivity index (χ0) is 32.6. The fourth-order valence-corrected chi connectivity index (χ4v) is 7.70. The van der Waals surface area contributed by atoms with Crippen molar-refractivity contribution in [2.45, 2.75) is 68.9 Å². The molecule has 254 valence electrons. The zero-order valence-corrected chi connectivity index (χ0v) is 27.2. The molecule has 4 atom stereocenters. The van der Waals surface area contributed by atoms with Gasteiger partial charge in [-0.05, 0) is 87.1 Å². The molecular formula is C35H45N9O4. The van der Waals surface area contributed by atoms with Crippen LogP contribution in [0, 0.1) is 0 Å². The number of amides is 2. The number of carbonyl (C=O) groups is 1. The number of carbonyl (C=O) groups excluding carboxylic acids is 1. The Morgan fingerprint density at radius 2 is 1.29 bits per heavy atom. The summed E-state index contributed by atoms with van der Waals surface area (Å²) in [6, 6.07) is 15.6. The highest BCUT2D eigenvalue weighted by Gasteiger charge is 2.38. The summed E-state index contributed by atoms with van der Waals surface area (Å²) in [5.41, 5.74) is 3.33. The first-order valence-corrected chi connectivity index (χ1v) is 17.5. The number of hydrogen-bond donors (Lipinski definition) is 4. The summed E-state index contributed by atoms with van der Waals surface area (Å²) in [6.45, 7) is 5.63. The van der Waals surface area contributed by atoms with Gasteiger partial charge in [0, 0.05) is 67.9 Å². The summed E-state index contributed by atoms with van der Waals surface area (Å²) in [5, 5.41) is 26.1. The topological polar surface area (TPSA) is 142 Å². The number of anilines is 5. The van der Waals surface area contributed by atoms with Crippen LogP contribution in [-0.2, 0) is 4.74 Å². The second-order valence-electron chi connectivity index (χ2n) is 13.7. The van der Waals surface area contributed by atoms with Crippen molar-refractivity contribution < 1.29 is 19.7 Å². The SMILES string of the molecule is O=C(Nc1ccc(-c2nc(N3CC4CCC(C3)O4)nc(N3[C@H](CO)CC[C@@H]3CO)n2)cc1)Nc1ccc(N2CCN(C3CC3)CC2)cc1. The van der Waals surface area contributed by atoms with Gasteiger partial charge in [-0.2, -0.15) is 15.0 Å². The van der Waals surface area contributed by atoms with Gasteiger partial charge in [-0.25, -0.2) is 4.79 Å². The van der Waals surface area contributed by atoms with Gasteiger partial charge in [-0.1, -0.05) is 0 Å². The van der Waals surface area contributed by atoms with E-state index in [0.29, 0.717) is 36.5 Å². The molecule has 1 saturated carbocycles. The number of hydrogen-bond acceptors (Lipinski definition) is 11. The lowest BCUT2D eigenvalue weighted by Crippen LogP contribution is -2.47. The van der Waals surface area contributed by atoms with E-state index in [0.717, 1.165) is 69.2 Å². The molecule has 2 aromatic carbocycles. The third-order valence-corrected chi connectivity index (χ3v) is 10.5. The Hall–Kier alpha value is -4.04. The first-order valence-electron chi connectivity index (χ1n) is 17.5. The number of nitrogens with zero attached hydrogens (tertiary/aromatic N) is 7. The molecule has 1 aromatic heterocycles. The molecule has 3 aromatic rings. The number of ether oxygens (including phenoxy) is 1. The number of rotatable bonds is 9. The zero-order valence-electron chi connectivity index (χ0n) is 27.2. The summed E-state index contributed by atoms with van der Waals surface area (Å²) in [4.78, 5) is 36.6. The highest BCUT2D eigenvalue weighted by atomic mass is 16.5. The van der Waals surface area contributed by atoms with Gasteiger partial charge in [-0.3, -0.25) is 4.90 Å². The number of benzene rings is 2. The fourth-order valence-electron chi connectivity index (χ4n) is 7.70. The average molecular weight is 656 g/mol. The number of urea groups is 1. The number of aliphatic hydroxyl groups is 2. The van der Waals surface area contributed by atoms with Crippen LogP contribution in [0.1, 0.15) is 38.5 Å². The van der Waals surface area contributed by atoms with Crippen molar-refractivity contribution in [1.29, 1.82) is 0 Å².